The topological polar surface area (TPSA) is 237 Å². The zero-order valence-electron chi connectivity index (χ0n) is 70.6. The van der Waals surface area contributed by atoms with Gasteiger partial charge in [0.25, 0.3) is 0 Å². The van der Waals surface area contributed by atoms with Crippen molar-refractivity contribution in [3.8, 4) is 0 Å². The summed E-state index contributed by atoms with van der Waals surface area (Å²) in [6, 6.07) is 0. The molecule has 0 radical (unpaired) electrons. The summed E-state index contributed by atoms with van der Waals surface area (Å²) in [4.78, 5) is 73.3. The van der Waals surface area contributed by atoms with Gasteiger partial charge in [-0.25, -0.2) is 9.13 Å². The van der Waals surface area contributed by atoms with Gasteiger partial charge < -0.3 is 33.8 Å². The average Bonchev–Trinajstić information content (AvgIpc) is 0.900. The van der Waals surface area contributed by atoms with E-state index in [1.807, 2.05) is 0 Å². The molecule has 636 valence electrons. The lowest BCUT2D eigenvalue weighted by molar-refractivity contribution is -0.161. The minimum Gasteiger partial charge on any atom is -0.462 e. The van der Waals surface area contributed by atoms with Gasteiger partial charge in [0.1, 0.15) is 19.3 Å². The summed E-state index contributed by atoms with van der Waals surface area (Å²) in [5, 5.41) is 10.7. The zero-order valence-corrected chi connectivity index (χ0v) is 72.4. The molecule has 0 aromatic rings. The monoisotopic (exact) mass is 1560 g/mol. The summed E-state index contributed by atoms with van der Waals surface area (Å²) in [6.07, 6.45) is 69.3. The largest absolute Gasteiger partial charge is 0.472 e. The maximum atomic E-state index is 13.2. The van der Waals surface area contributed by atoms with Gasteiger partial charge in [0.2, 0.25) is 0 Å². The van der Waals surface area contributed by atoms with Crippen LogP contribution in [0.3, 0.4) is 0 Å². The molecule has 0 amide bonds. The third-order valence-corrected chi connectivity index (χ3v) is 22.9. The number of aliphatic hydroxyl groups excluding tert-OH is 1. The van der Waals surface area contributed by atoms with E-state index in [0.717, 1.165) is 108 Å². The second-order valence-electron chi connectivity index (χ2n) is 32.8. The first-order valence-corrected chi connectivity index (χ1v) is 48.4. The molecule has 19 heteroatoms. The maximum Gasteiger partial charge on any atom is 0.472 e. The van der Waals surface area contributed by atoms with Crippen molar-refractivity contribution in [2.75, 3.05) is 39.6 Å². The highest BCUT2D eigenvalue weighted by molar-refractivity contribution is 7.47. The van der Waals surface area contributed by atoms with Crippen molar-refractivity contribution in [2.24, 2.45) is 17.8 Å². The fourth-order valence-corrected chi connectivity index (χ4v) is 15.3. The molecule has 0 spiro atoms. The van der Waals surface area contributed by atoms with Crippen molar-refractivity contribution in [2.45, 2.75) is 484 Å². The molecule has 17 nitrogen and oxygen atoms in total. The van der Waals surface area contributed by atoms with Gasteiger partial charge in [-0.3, -0.25) is 37.3 Å². The Morgan fingerprint density at radius 2 is 0.477 bits per heavy atom. The lowest BCUT2D eigenvalue weighted by atomic mass is 9.99. The predicted molar refractivity (Wildman–Crippen MR) is 441 cm³/mol. The van der Waals surface area contributed by atoms with E-state index < -0.39 is 97.5 Å². The van der Waals surface area contributed by atoms with E-state index in [1.165, 1.54) is 276 Å². The molecule has 3 N–H and O–H groups in total. The SMILES string of the molecule is CCCCCCCCCCCCCCCCCCC(=O)O[C@H](COC(=O)CCCCCCCCCCCC(C)C)COP(=O)(O)OC[C@H](O)COP(=O)(O)OC[C@@H](COC(=O)CCCCCCCCCCCCCCCCC(C)CC)OC(=O)CCCCCCCCCCCCCCCCCCCCC(C)C. The number of hydrogen-bond acceptors (Lipinski definition) is 15. The second kappa shape index (κ2) is 78.0. The van der Waals surface area contributed by atoms with Gasteiger partial charge in [0.05, 0.1) is 26.4 Å². The third-order valence-electron chi connectivity index (χ3n) is 21.0. The van der Waals surface area contributed by atoms with Crippen molar-refractivity contribution >= 4 is 39.5 Å². The van der Waals surface area contributed by atoms with Gasteiger partial charge in [0.15, 0.2) is 12.2 Å². The maximum absolute atomic E-state index is 13.2. The Labute approximate surface area is 658 Å². The molecule has 0 aliphatic heterocycles. The van der Waals surface area contributed by atoms with Crippen LogP contribution in [0.4, 0.5) is 0 Å². The highest BCUT2D eigenvalue weighted by Gasteiger charge is 2.31. The van der Waals surface area contributed by atoms with Gasteiger partial charge in [-0.1, -0.05) is 414 Å². The van der Waals surface area contributed by atoms with E-state index in [2.05, 4.69) is 48.5 Å². The van der Waals surface area contributed by atoms with Crippen molar-refractivity contribution in [1.29, 1.82) is 0 Å². The Balaban J connectivity index is 5.26. The van der Waals surface area contributed by atoms with E-state index in [-0.39, 0.29) is 25.7 Å². The highest BCUT2D eigenvalue weighted by atomic mass is 31.2. The number of carbonyl (C=O) groups excluding carboxylic acids is 4. The van der Waals surface area contributed by atoms with E-state index in [1.54, 1.807) is 0 Å². The van der Waals surface area contributed by atoms with Gasteiger partial charge in [0, 0.05) is 25.7 Å². The van der Waals surface area contributed by atoms with Crippen LogP contribution in [-0.2, 0) is 65.4 Å². The van der Waals surface area contributed by atoms with Gasteiger partial charge in [-0.2, -0.15) is 0 Å². The lowest BCUT2D eigenvalue weighted by Crippen LogP contribution is -2.30. The molecular weight excluding hydrogens is 1390 g/mol. The van der Waals surface area contributed by atoms with Gasteiger partial charge in [-0.15, -0.1) is 0 Å². The Bertz CT molecular complexity index is 2060. The third kappa shape index (κ3) is 80.5. The molecule has 0 fully saturated rings. The van der Waals surface area contributed by atoms with Crippen molar-refractivity contribution in [3.63, 3.8) is 0 Å². The molecule has 107 heavy (non-hydrogen) atoms. The normalized spacial score (nSPS) is 14.1. The van der Waals surface area contributed by atoms with Crippen LogP contribution in [0.5, 0.6) is 0 Å². The molecule has 0 bridgehead atoms. The van der Waals surface area contributed by atoms with Crippen molar-refractivity contribution in [1.82, 2.24) is 0 Å². The van der Waals surface area contributed by atoms with E-state index in [9.17, 15) is 43.2 Å². The first-order valence-electron chi connectivity index (χ1n) is 45.4. The van der Waals surface area contributed by atoms with Gasteiger partial charge in [-0.05, 0) is 43.4 Å². The number of phosphoric ester groups is 2. The molecule has 6 atom stereocenters. The summed E-state index contributed by atoms with van der Waals surface area (Å²) in [6.45, 7) is 12.1. The molecule has 0 saturated heterocycles. The lowest BCUT2D eigenvalue weighted by Gasteiger charge is -2.21. The van der Waals surface area contributed by atoms with Crippen LogP contribution < -0.4 is 0 Å². The molecule has 0 aromatic carbocycles. The Kier molecular flexibility index (Phi) is 76.6. The molecule has 3 unspecified atom stereocenters. The van der Waals surface area contributed by atoms with E-state index in [4.69, 9.17) is 37.0 Å². The van der Waals surface area contributed by atoms with Gasteiger partial charge >= 0.3 is 39.5 Å². The number of aliphatic hydroxyl groups is 1. The number of unbranched alkanes of at least 4 members (excludes halogenated alkanes) is 53. The minimum atomic E-state index is -4.97. The number of esters is 4. The van der Waals surface area contributed by atoms with Crippen LogP contribution in [0.1, 0.15) is 466 Å². The zero-order chi connectivity index (χ0) is 78.6. The molecular formula is C88H172O17P2. The fourth-order valence-electron chi connectivity index (χ4n) is 13.7. The van der Waals surface area contributed by atoms with Crippen LogP contribution >= 0.6 is 15.6 Å². The van der Waals surface area contributed by atoms with Crippen LogP contribution in [0.25, 0.3) is 0 Å². The number of rotatable bonds is 86. The quantitative estimate of drug-likeness (QED) is 0.0222. The first kappa shape index (κ1) is 105. The van der Waals surface area contributed by atoms with Crippen molar-refractivity contribution in [3.05, 3.63) is 0 Å². The molecule has 0 aromatic heterocycles. The predicted octanol–water partition coefficient (Wildman–Crippen LogP) is 26.9. The molecule has 0 aliphatic rings. The molecule has 0 aliphatic carbocycles. The summed E-state index contributed by atoms with van der Waals surface area (Å²) in [7, 11) is -9.93. The average molecular weight is 1560 g/mol. The van der Waals surface area contributed by atoms with Crippen LogP contribution in [0.15, 0.2) is 0 Å². The van der Waals surface area contributed by atoms with Crippen LogP contribution in [0, 0.1) is 17.8 Å². The number of carbonyl (C=O) groups is 4. The summed E-state index contributed by atoms with van der Waals surface area (Å²) in [5.41, 5.74) is 0. The Morgan fingerprint density at radius 3 is 0.710 bits per heavy atom. The standard InChI is InChI=1S/C88H172O17P2/c1-8-10-11-12-13-14-15-16-17-23-30-35-42-50-57-64-71-88(93)105-84(76-99-86(91)70-63-56-49-44-37-39-46-53-60-67-80(5)6)78-103-107(96,97)101-74-82(89)73-100-106(94,95)102-77-83(75-98-85(90)69-62-55-48-41-34-29-26-25-28-33-40-47-54-61-68-81(7)9-2)104-87(92)72-65-58-51-43-36-31-24-21-19-18-20-22-27-32-38-45-52-59-66-79(3)4/h79-84,89H,8-78H2,1-7H3,(H,94,95)(H,96,97)/t81?,82-,83-,84-/m1/s1. The minimum absolute atomic E-state index is 0.108. The van der Waals surface area contributed by atoms with E-state index in [0.29, 0.717) is 25.7 Å². The summed E-state index contributed by atoms with van der Waals surface area (Å²) >= 11 is 0. The summed E-state index contributed by atoms with van der Waals surface area (Å²) < 4.78 is 69.0. The summed E-state index contributed by atoms with van der Waals surface area (Å²) in [5.74, 6) is 0.313. The Morgan fingerprint density at radius 1 is 0.271 bits per heavy atom. The van der Waals surface area contributed by atoms with E-state index >= 15 is 0 Å². The molecule has 0 saturated carbocycles. The molecule has 0 heterocycles. The number of phosphoric acid groups is 2. The first-order chi connectivity index (χ1) is 51.8. The Hall–Kier alpha value is -1.94. The van der Waals surface area contributed by atoms with Crippen molar-refractivity contribution < 1.29 is 80.2 Å². The fraction of sp³-hybridized carbons (Fsp3) is 0.955. The second-order valence-corrected chi connectivity index (χ2v) is 35.7. The smallest absolute Gasteiger partial charge is 0.462 e. The number of hydrogen-bond donors (Lipinski definition) is 3. The highest BCUT2D eigenvalue weighted by Crippen LogP contribution is 2.45. The molecule has 0 rings (SSSR count). The van der Waals surface area contributed by atoms with Crippen LogP contribution in [-0.4, -0.2) is 96.7 Å². The van der Waals surface area contributed by atoms with Crippen LogP contribution in [0.2, 0.25) is 0 Å². The number of ether oxygens (including phenoxy) is 4.